The van der Waals surface area contributed by atoms with Gasteiger partial charge in [-0.15, -0.1) is 0 Å². The summed E-state index contributed by atoms with van der Waals surface area (Å²) in [6.45, 7) is 1.24. The lowest BCUT2D eigenvalue weighted by atomic mass is 10.0. The number of hydrogen-bond donors (Lipinski definition) is 0. The second kappa shape index (κ2) is 4.92. The van der Waals surface area contributed by atoms with Gasteiger partial charge >= 0.3 is 0 Å². The zero-order chi connectivity index (χ0) is 13.6. The standard InChI is InChI=1S/C13H15Cl2NO2S/c14-11-5-2-6-12(13(11)15)19(17,18)16-7-9-3-1-4-10(9)8-16/h2,5-6,9-10H,1,3-4,7-8H2/t9-,10+. The minimum absolute atomic E-state index is 0.126. The first-order chi connectivity index (χ1) is 9.00. The van der Waals surface area contributed by atoms with Crippen molar-refractivity contribution < 1.29 is 8.42 Å². The second-order valence-electron chi connectivity index (χ2n) is 5.33. The van der Waals surface area contributed by atoms with Crippen molar-refractivity contribution in [1.82, 2.24) is 4.31 Å². The summed E-state index contributed by atoms with van der Waals surface area (Å²) in [7, 11) is -3.52. The van der Waals surface area contributed by atoms with Crippen molar-refractivity contribution in [2.75, 3.05) is 13.1 Å². The number of halogens is 2. The lowest BCUT2D eigenvalue weighted by Gasteiger charge is -2.18. The maximum absolute atomic E-state index is 12.6. The van der Waals surface area contributed by atoms with Crippen molar-refractivity contribution in [2.45, 2.75) is 24.2 Å². The Balaban J connectivity index is 1.93. The lowest BCUT2D eigenvalue weighted by molar-refractivity contribution is 0.445. The summed E-state index contributed by atoms with van der Waals surface area (Å²) in [6.07, 6.45) is 3.50. The molecule has 0 bridgehead atoms. The lowest BCUT2D eigenvalue weighted by Crippen LogP contribution is -2.29. The first-order valence-electron chi connectivity index (χ1n) is 6.44. The highest BCUT2D eigenvalue weighted by Crippen LogP contribution is 2.41. The van der Waals surface area contributed by atoms with Gasteiger partial charge in [0.05, 0.1) is 10.0 Å². The fraction of sp³-hybridized carbons (Fsp3) is 0.538. The summed E-state index contributed by atoms with van der Waals surface area (Å²) in [4.78, 5) is 0.127. The van der Waals surface area contributed by atoms with Crippen LogP contribution in [0.3, 0.4) is 0 Å². The first-order valence-corrected chi connectivity index (χ1v) is 8.64. The van der Waals surface area contributed by atoms with Crippen LogP contribution in [-0.4, -0.2) is 25.8 Å². The Hall–Kier alpha value is -0.290. The monoisotopic (exact) mass is 319 g/mol. The summed E-state index contributed by atoms with van der Waals surface area (Å²) in [6, 6.07) is 4.75. The summed E-state index contributed by atoms with van der Waals surface area (Å²) in [5, 5.41) is 0.406. The number of benzene rings is 1. The third-order valence-corrected chi connectivity index (χ3v) is 7.03. The predicted molar refractivity (Wildman–Crippen MR) is 76.1 cm³/mol. The Kier molecular flexibility index (Phi) is 3.54. The molecule has 6 heteroatoms. The molecule has 1 aromatic rings. The van der Waals surface area contributed by atoms with Crippen LogP contribution in [0.2, 0.25) is 10.0 Å². The summed E-state index contributed by atoms with van der Waals surface area (Å²) < 4.78 is 26.8. The van der Waals surface area contributed by atoms with Crippen LogP contribution in [0.5, 0.6) is 0 Å². The Morgan fingerprint density at radius 3 is 2.37 bits per heavy atom. The smallest absolute Gasteiger partial charge is 0.207 e. The van der Waals surface area contributed by atoms with Gasteiger partial charge in [-0.1, -0.05) is 35.7 Å². The molecule has 3 rings (SSSR count). The van der Waals surface area contributed by atoms with Crippen LogP contribution >= 0.6 is 23.2 Å². The molecule has 0 unspecified atom stereocenters. The van der Waals surface area contributed by atoms with E-state index in [0.717, 1.165) is 12.8 Å². The maximum atomic E-state index is 12.6. The zero-order valence-electron chi connectivity index (χ0n) is 10.4. The van der Waals surface area contributed by atoms with Gasteiger partial charge in [-0.25, -0.2) is 8.42 Å². The Bertz CT molecular complexity index is 591. The zero-order valence-corrected chi connectivity index (χ0v) is 12.7. The fourth-order valence-corrected chi connectivity index (χ4v) is 5.50. The molecule has 0 N–H and O–H groups in total. The highest BCUT2D eigenvalue weighted by Gasteiger charge is 2.41. The number of hydrogen-bond acceptors (Lipinski definition) is 2. The number of fused-ring (bicyclic) bond motifs is 1. The van der Waals surface area contributed by atoms with Crippen LogP contribution in [-0.2, 0) is 10.0 Å². The van der Waals surface area contributed by atoms with Gasteiger partial charge in [-0.3, -0.25) is 0 Å². The van der Waals surface area contributed by atoms with E-state index >= 15 is 0 Å². The average Bonchev–Trinajstić information content (AvgIpc) is 2.92. The van der Waals surface area contributed by atoms with Crippen LogP contribution in [0.15, 0.2) is 23.1 Å². The highest BCUT2D eigenvalue weighted by molar-refractivity contribution is 7.89. The van der Waals surface area contributed by atoms with Crippen LogP contribution < -0.4 is 0 Å². The molecule has 1 saturated carbocycles. The van der Waals surface area contributed by atoms with Gasteiger partial charge in [0.25, 0.3) is 0 Å². The molecule has 1 heterocycles. The van der Waals surface area contributed by atoms with Gasteiger partial charge < -0.3 is 0 Å². The van der Waals surface area contributed by atoms with Crippen molar-refractivity contribution in [3.05, 3.63) is 28.2 Å². The minimum atomic E-state index is -3.52. The molecular weight excluding hydrogens is 305 g/mol. The quantitative estimate of drug-likeness (QED) is 0.837. The van der Waals surface area contributed by atoms with E-state index in [1.807, 2.05) is 0 Å². The van der Waals surface area contributed by atoms with E-state index in [1.54, 1.807) is 16.4 Å². The van der Waals surface area contributed by atoms with Gasteiger partial charge in [0.15, 0.2) is 0 Å². The van der Waals surface area contributed by atoms with E-state index in [1.165, 1.54) is 12.5 Å². The van der Waals surface area contributed by atoms with Crippen molar-refractivity contribution in [3.8, 4) is 0 Å². The fourth-order valence-electron chi connectivity index (χ4n) is 3.21. The third-order valence-electron chi connectivity index (χ3n) is 4.23. The maximum Gasteiger partial charge on any atom is 0.244 e. The molecular formula is C13H15Cl2NO2S. The molecule has 1 aromatic carbocycles. The molecule has 2 fully saturated rings. The second-order valence-corrected chi connectivity index (χ2v) is 8.02. The number of nitrogens with zero attached hydrogens (tertiary/aromatic N) is 1. The Morgan fingerprint density at radius 2 is 1.74 bits per heavy atom. The molecule has 19 heavy (non-hydrogen) atoms. The minimum Gasteiger partial charge on any atom is -0.207 e. The number of rotatable bonds is 2. The third kappa shape index (κ3) is 2.29. The molecule has 0 spiro atoms. The van der Waals surface area contributed by atoms with E-state index < -0.39 is 10.0 Å². The van der Waals surface area contributed by atoms with Crippen molar-refractivity contribution >= 4 is 33.2 Å². The van der Waals surface area contributed by atoms with E-state index in [9.17, 15) is 8.42 Å². The SMILES string of the molecule is O=S(=O)(c1cccc(Cl)c1Cl)N1C[C@H]2CCC[C@H]2C1. The Morgan fingerprint density at radius 1 is 1.11 bits per heavy atom. The predicted octanol–water partition coefficient (Wildman–Crippen LogP) is 3.41. The molecule has 2 atom stereocenters. The molecule has 1 aliphatic carbocycles. The van der Waals surface area contributed by atoms with E-state index in [2.05, 4.69) is 0 Å². The van der Waals surface area contributed by atoms with Crippen molar-refractivity contribution in [1.29, 1.82) is 0 Å². The first kappa shape index (κ1) is 13.7. The molecule has 1 aliphatic heterocycles. The van der Waals surface area contributed by atoms with E-state index in [-0.39, 0.29) is 14.9 Å². The van der Waals surface area contributed by atoms with Gasteiger partial charge in [-0.05, 0) is 36.8 Å². The molecule has 3 nitrogen and oxygen atoms in total. The normalized spacial score (nSPS) is 27.7. The van der Waals surface area contributed by atoms with Crippen molar-refractivity contribution in [3.63, 3.8) is 0 Å². The van der Waals surface area contributed by atoms with Crippen LogP contribution in [0.4, 0.5) is 0 Å². The van der Waals surface area contributed by atoms with Crippen LogP contribution in [0.1, 0.15) is 19.3 Å². The molecule has 0 aromatic heterocycles. The average molecular weight is 320 g/mol. The van der Waals surface area contributed by atoms with Crippen molar-refractivity contribution in [2.24, 2.45) is 11.8 Å². The summed E-state index contributed by atoms with van der Waals surface area (Å²) in [5.41, 5.74) is 0. The molecule has 0 amide bonds. The Labute approximate surface area is 123 Å². The highest BCUT2D eigenvalue weighted by atomic mass is 35.5. The van der Waals surface area contributed by atoms with Gasteiger partial charge in [-0.2, -0.15) is 4.31 Å². The van der Waals surface area contributed by atoms with Gasteiger partial charge in [0.1, 0.15) is 4.90 Å². The largest absolute Gasteiger partial charge is 0.244 e. The molecule has 0 radical (unpaired) electrons. The van der Waals surface area contributed by atoms with E-state index in [0.29, 0.717) is 24.9 Å². The summed E-state index contributed by atoms with van der Waals surface area (Å²) >= 11 is 11.9. The van der Waals surface area contributed by atoms with E-state index in [4.69, 9.17) is 23.2 Å². The van der Waals surface area contributed by atoms with Gasteiger partial charge in [0, 0.05) is 13.1 Å². The topological polar surface area (TPSA) is 37.4 Å². The number of sulfonamides is 1. The van der Waals surface area contributed by atoms with Crippen LogP contribution in [0, 0.1) is 11.8 Å². The molecule has 104 valence electrons. The summed E-state index contributed by atoms with van der Waals surface area (Å²) in [5.74, 6) is 1.04. The van der Waals surface area contributed by atoms with Gasteiger partial charge in [0.2, 0.25) is 10.0 Å². The molecule has 2 aliphatic rings. The van der Waals surface area contributed by atoms with Crippen LogP contribution in [0.25, 0.3) is 0 Å². The molecule has 1 saturated heterocycles.